The molecule has 0 atom stereocenters. The van der Waals surface area contributed by atoms with Crippen LogP contribution in [-0.4, -0.2) is 18.1 Å². The molecule has 0 radical (unpaired) electrons. The monoisotopic (exact) mass is 290 g/mol. The summed E-state index contributed by atoms with van der Waals surface area (Å²) in [6.07, 6.45) is 0. The summed E-state index contributed by atoms with van der Waals surface area (Å²) in [5, 5.41) is 12.4. The highest BCUT2D eigenvalue weighted by molar-refractivity contribution is 6.06. The zero-order chi connectivity index (χ0) is 15.4. The van der Waals surface area contributed by atoms with E-state index in [-0.39, 0.29) is 17.9 Å². The first-order chi connectivity index (χ1) is 10.0. The summed E-state index contributed by atoms with van der Waals surface area (Å²) in [6.45, 7) is 0.0311. The Bertz CT molecular complexity index is 674. The molecule has 0 saturated heterocycles. The minimum absolute atomic E-state index is 0.0311. The summed E-state index contributed by atoms with van der Waals surface area (Å²) >= 11 is 0. The lowest BCUT2D eigenvalue weighted by Crippen LogP contribution is -2.13. The first-order valence-electron chi connectivity index (χ1n) is 6.22. The molecule has 0 aliphatic carbocycles. The highest BCUT2D eigenvalue weighted by atomic mass is 19.1. The number of ether oxygens (including phenoxy) is 1. The second-order valence-electron chi connectivity index (χ2n) is 4.35. The Morgan fingerprint density at radius 2 is 2.10 bits per heavy atom. The Kier molecular flexibility index (Phi) is 4.39. The molecule has 110 valence electrons. The Hall–Kier alpha value is -2.60. The van der Waals surface area contributed by atoms with Gasteiger partial charge in [0.2, 0.25) is 0 Å². The van der Waals surface area contributed by atoms with Crippen molar-refractivity contribution < 1.29 is 19.0 Å². The molecule has 2 rings (SSSR count). The first kappa shape index (κ1) is 14.8. The van der Waals surface area contributed by atoms with Gasteiger partial charge in [0.05, 0.1) is 12.7 Å². The number of halogens is 1. The Morgan fingerprint density at radius 3 is 2.71 bits per heavy atom. The van der Waals surface area contributed by atoms with Gasteiger partial charge in [-0.25, -0.2) is 4.39 Å². The fourth-order valence-corrected chi connectivity index (χ4v) is 1.84. The molecule has 2 aromatic rings. The predicted molar refractivity (Wildman–Crippen MR) is 76.9 cm³/mol. The number of hydrogen-bond acceptors (Lipinski definition) is 4. The van der Waals surface area contributed by atoms with Gasteiger partial charge in [-0.15, -0.1) is 0 Å². The molecule has 6 heteroatoms. The molecule has 21 heavy (non-hydrogen) atoms. The Morgan fingerprint density at radius 1 is 1.33 bits per heavy atom. The predicted octanol–water partition coefficient (Wildman–Crippen LogP) is 2.25. The number of nitrogens with one attached hydrogen (secondary N) is 1. The maximum atomic E-state index is 13.3. The van der Waals surface area contributed by atoms with E-state index in [1.165, 1.54) is 37.4 Å². The number of phenols is 1. The average molecular weight is 290 g/mol. The van der Waals surface area contributed by atoms with Gasteiger partial charge < -0.3 is 20.9 Å². The second kappa shape index (κ2) is 6.23. The van der Waals surface area contributed by atoms with Crippen LogP contribution in [0.1, 0.15) is 15.9 Å². The van der Waals surface area contributed by atoms with Gasteiger partial charge in [-0.1, -0.05) is 0 Å². The number of amides is 1. The van der Waals surface area contributed by atoms with E-state index in [1.807, 2.05) is 0 Å². The number of benzene rings is 2. The highest BCUT2D eigenvalue weighted by Crippen LogP contribution is 2.24. The van der Waals surface area contributed by atoms with Gasteiger partial charge in [0.1, 0.15) is 17.3 Å². The van der Waals surface area contributed by atoms with Crippen LogP contribution in [0.2, 0.25) is 0 Å². The van der Waals surface area contributed by atoms with Crippen LogP contribution < -0.4 is 15.8 Å². The van der Waals surface area contributed by atoms with Crippen molar-refractivity contribution in [3.63, 3.8) is 0 Å². The summed E-state index contributed by atoms with van der Waals surface area (Å²) < 4.78 is 18.3. The molecule has 0 heterocycles. The number of anilines is 1. The molecule has 0 saturated carbocycles. The van der Waals surface area contributed by atoms with E-state index in [4.69, 9.17) is 10.5 Å². The third kappa shape index (κ3) is 3.29. The van der Waals surface area contributed by atoms with Crippen molar-refractivity contribution in [2.75, 3.05) is 12.4 Å². The van der Waals surface area contributed by atoms with E-state index in [1.54, 1.807) is 6.07 Å². The summed E-state index contributed by atoms with van der Waals surface area (Å²) in [5.74, 6) is -0.697. The van der Waals surface area contributed by atoms with Gasteiger partial charge >= 0.3 is 0 Å². The van der Waals surface area contributed by atoms with Crippen molar-refractivity contribution >= 4 is 11.6 Å². The zero-order valence-electron chi connectivity index (χ0n) is 11.4. The molecule has 4 N–H and O–H groups in total. The minimum Gasteiger partial charge on any atom is -0.507 e. The largest absolute Gasteiger partial charge is 0.507 e. The number of rotatable bonds is 4. The van der Waals surface area contributed by atoms with E-state index >= 15 is 0 Å². The molecular formula is C15H15FN2O3. The third-order valence-electron chi connectivity index (χ3n) is 2.97. The van der Waals surface area contributed by atoms with Crippen molar-refractivity contribution in [3.8, 4) is 11.5 Å². The van der Waals surface area contributed by atoms with Crippen LogP contribution in [-0.2, 0) is 6.54 Å². The number of carbonyl (C=O) groups excluding carboxylic acids is 1. The van der Waals surface area contributed by atoms with E-state index in [9.17, 15) is 14.3 Å². The smallest absolute Gasteiger partial charge is 0.259 e. The van der Waals surface area contributed by atoms with Crippen LogP contribution in [0.25, 0.3) is 0 Å². The molecule has 0 spiro atoms. The molecule has 0 aliphatic rings. The number of aromatic hydroxyl groups is 1. The molecule has 0 aromatic heterocycles. The summed E-state index contributed by atoms with van der Waals surface area (Å²) in [7, 11) is 1.46. The molecule has 0 fully saturated rings. The molecule has 2 aromatic carbocycles. The fraction of sp³-hybridized carbons (Fsp3) is 0.133. The summed E-state index contributed by atoms with van der Waals surface area (Å²) in [5.41, 5.74) is 6.20. The van der Waals surface area contributed by atoms with Gasteiger partial charge in [0, 0.05) is 23.9 Å². The van der Waals surface area contributed by atoms with Crippen molar-refractivity contribution in [3.05, 3.63) is 53.3 Å². The summed E-state index contributed by atoms with van der Waals surface area (Å²) in [6, 6.07) is 8.44. The van der Waals surface area contributed by atoms with Crippen LogP contribution in [0.4, 0.5) is 10.1 Å². The average Bonchev–Trinajstić information content (AvgIpc) is 2.48. The molecule has 0 unspecified atom stereocenters. The Balaban J connectivity index is 2.22. The third-order valence-corrected chi connectivity index (χ3v) is 2.97. The number of nitrogens with two attached hydrogens (primary N) is 1. The van der Waals surface area contributed by atoms with Crippen LogP contribution in [0.15, 0.2) is 36.4 Å². The van der Waals surface area contributed by atoms with Crippen LogP contribution in [0.5, 0.6) is 11.5 Å². The molecule has 0 aliphatic heterocycles. The molecule has 0 bridgehead atoms. The molecule has 5 nitrogen and oxygen atoms in total. The number of hydrogen-bond donors (Lipinski definition) is 3. The molecular weight excluding hydrogens is 275 g/mol. The summed E-state index contributed by atoms with van der Waals surface area (Å²) in [4.78, 5) is 12.1. The lowest BCUT2D eigenvalue weighted by atomic mass is 10.1. The number of methoxy groups -OCH3 is 1. The number of phenolic OH excluding ortho intramolecular Hbond substituents is 1. The lowest BCUT2D eigenvalue weighted by molar-refractivity contribution is 0.102. The van der Waals surface area contributed by atoms with E-state index in [0.29, 0.717) is 17.0 Å². The standard InChI is InChI=1S/C15H15FN2O3/c1-21-11-3-4-12(14(19)7-11)15(20)18-10-2-5-13(16)9(6-10)8-17/h2-7,19H,8,17H2,1H3,(H,18,20). The van der Waals surface area contributed by atoms with Crippen LogP contribution >= 0.6 is 0 Å². The van der Waals surface area contributed by atoms with Crippen LogP contribution in [0, 0.1) is 5.82 Å². The van der Waals surface area contributed by atoms with E-state index in [2.05, 4.69) is 5.32 Å². The lowest BCUT2D eigenvalue weighted by Gasteiger charge is -2.09. The van der Waals surface area contributed by atoms with Crippen molar-refractivity contribution in [1.82, 2.24) is 0 Å². The number of carbonyl (C=O) groups is 1. The van der Waals surface area contributed by atoms with Gasteiger partial charge in [0.25, 0.3) is 5.91 Å². The zero-order valence-corrected chi connectivity index (χ0v) is 11.4. The van der Waals surface area contributed by atoms with Crippen LogP contribution in [0.3, 0.4) is 0 Å². The second-order valence-corrected chi connectivity index (χ2v) is 4.35. The quantitative estimate of drug-likeness (QED) is 0.806. The van der Waals surface area contributed by atoms with E-state index in [0.717, 1.165) is 0 Å². The minimum atomic E-state index is -0.510. The van der Waals surface area contributed by atoms with Gasteiger partial charge in [-0.2, -0.15) is 0 Å². The SMILES string of the molecule is COc1ccc(C(=O)Nc2ccc(F)c(CN)c2)c(O)c1. The van der Waals surface area contributed by atoms with Gasteiger partial charge in [0.15, 0.2) is 0 Å². The van der Waals surface area contributed by atoms with E-state index < -0.39 is 11.7 Å². The normalized spacial score (nSPS) is 10.2. The topological polar surface area (TPSA) is 84.6 Å². The van der Waals surface area contributed by atoms with Crippen molar-refractivity contribution in [2.45, 2.75) is 6.54 Å². The maximum Gasteiger partial charge on any atom is 0.259 e. The van der Waals surface area contributed by atoms with Gasteiger partial charge in [-0.3, -0.25) is 4.79 Å². The highest BCUT2D eigenvalue weighted by Gasteiger charge is 2.13. The van der Waals surface area contributed by atoms with Crippen molar-refractivity contribution in [1.29, 1.82) is 0 Å². The van der Waals surface area contributed by atoms with Crippen molar-refractivity contribution in [2.24, 2.45) is 5.73 Å². The maximum absolute atomic E-state index is 13.3. The molecule has 1 amide bonds. The van der Waals surface area contributed by atoms with Gasteiger partial charge in [-0.05, 0) is 30.3 Å². The first-order valence-corrected chi connectivity index (χ1v) is 6.22. The fourth-order valence-electron chi connectivity index (χ4n) is 1.84. The Labute approximate surface area is 121 Å².